The number of hydrogen-bond acceptors (Lipinski definition) is 3. The monoisotopic (exact) mass is 343 g/mol. The van der Waals surface area contributed by atoms with Crippen molar-refractivity contribution < 1.29 is 4.42 Å². The molecule has 0 fully saturated rings. The summed E-state index contributed by atoms with van der Waals surface area (Å²) in [6.07, 6.45) is 1.94. The molecule has 0 spiro atoms. The van der Waals surface area contributed by atoms with E-state index in [4.69, 9.17) is 4.42 Å². The number of pyridine rings is 1. The summed E-state index contributed by atoms with van der Waals surface area (Å²) in [7, 11) is 0. The number of hydrogen-bond donors (Lipinski definition) is 0. The Morgan fingerprint density at radius 1 is 0.920 bits per heavy atom. The van der Waals surface area contributed by atoms with Crippen LogP contribution in [0.5, 0.6) is 0 Å². The smallest absolute Gasteiger partial charge is 0.144 e. The summed E-state index contributed by atoms with van der Waals surface area (Å²) in [4.78, 5) is 5.95. The maximum Gasteiger partial charge on any atom is 0.144 e. The van der Waals surface area contributed by atoms with Crippen LogP contribution in [0.1, 0.15) is 16.0 Å². The number of thiophene rings is 1. The summed E-state index contributed by atoms with van der Waals surface area (Å²) in [5.74, 6) is 0. The summed E-state index contributed by atoms with van der Waals surface area (Å²) in [6.45, 7) is 6.35. The molecule has 5 rings (SSSR count). The van der Waals surface area contributed by atoms with E-state index >= 15 is 0 Å². The van der Waals surface area contributed by atoms with Crippen molar-refractivity contribution in [2.45, 2.75) is 20.8 Å². The number of para-hydroxylation sites is 1. The zero-order chi connectivity index (χ0) is 17.1. The van der Waals surface area contributed by atoms with Crippen LogP contribution in [0, 0.1) is 20.8 Å². The van der Waals surface area contributed by atoms with Gasteiger partial charge in [0.15, 0.2) is 0 Å². The van der Waals surface area contributed by atoms with E-state index in [2.05, 4.69) is 68.2 Å². The van der Waals surface area contributed by atoms with E-state index < -0.39 is 0 Å². The molecule has 2 nitrogen and oxygen atoms in total. The average Bonchev–Trinajstić information content (AvgIpc) is 3.13. The molecule has 3 heterocycles. The van der Waals surface area contributed by atoms with Crippen molar-refractivity contribution in [3.63, 3.8) is 0 Å². The summed E-state index contributed by atoms with van der Waals surface area (Å²) < 4.78 is 7.60. The highest BCUT2D eigenvalue weighted by atomic mass is 32.1. The first-order valence-electron chi connectivity index (χ1n) is 8.39. The van der Waals surface area contributed by atoms with Gasteiger partial charge >= 0.3 is 0 Å². The van der Waals surface area contributed by atoms with Gasteiger partial charge in [-0.3, -0.25) is 4.98 Å². The molecule has 0 N–H and O–H groups in total. The zero-order valence-corrected chi connectivity index (χ0v) is 15.2. The lowest BCUT2D eigenvalue weighted by atomic mass is 10.0. The van der Waals surface area contributed by atoms with Crippen LogP contribution in [-0.2, 0) is 0 Å². The van der Waals surface area contributed by atoms with Gasteiger partial charge in [-0.15, -0.1) is 11.3 Å². The molecular weight excluding hydrogens is 326 g/mol. The predicted molar refractivity (Wildman–Crippen MR) is 107 cm³/mol. The molecule has 0 unspecified atom stereocenters. The van der Waals surface area contributed by atoms with Crippen LogP contribution in [0.2, 0.25) is 0 Å². The first-order chi connectivity index (χ1) is 12.1. The normalized spacial score (nSPS) is 11.8. The largest absolute Gasteiger partial charge is 0.455 e. The molecule has 5 aromatic rings. The number of furan rings is 1. The number of aryl methyl sites for hydroxylation is 3. The first kappa shape index (κ1) is 14.7. The second-order valence-corrected chi connectivity index (χ2v) is 7.97. The lowest BCUT2D eigenvalue weighted by molar-refractivity contribution is 0.670. The van der Waals surface area contributed by atoms with E-state index in [1.165, 1.54) is 31.5 Å². The van der Waals surface area contributed by atoms with Gasteiger partial charge in [0, 0.05) is 32.1 Å². The number of benzene rings is 2. The second kappa shape index (κ2) is 5.17. The molecule has 3 heteroatoms. The zero-order valence-electron chi connectivity index (χ0n) is 14.4. The minimum absolute atomic E-state index is 0.919. The first-order valence-corrected chi connectivity index (χ1v) is 9.21. The molecule has 0 aliphatic carbocycles. The Kier molecular flexibility index (Phi) is 3.03. The number of aromatic nitrogens is 1. The Morgan fingerprint density at radius 3 is 2.64 bits per heavy atom. The van der Waals surface area contributed by atoms with E-state index in [0.717, 1.165) is 27.8 Å². The Bertz CT molecular complexity index is 1280. The third kappa shape index (κ3) is 2.19. The van der Waals surface area contributed by atoms with Crippen LogP contribution < -0.4 is 0 Å². The van der Waals surface area contributed by atoms with Gasteiger partial charge in [0.1, 0.15) is 11.2 Å². The molecule has 0 saturated carbocycles. The molecule has 122 valence electrons. The molecule has 0 amide bonds. The molecular formula is C22H17NOS. The van der Waals surface area contributed by atoms with E-state index in [9.17, 15) is 0 Å². The SMILES string of the molecule is Cc1cc2cc3oc4c(-c5cc(C)c(C)cn5)cccc4c3cc2s1. The molecule has 25 heavy (non-hydrogen) atoms. The fourth-order valence-corrected chi connectivity index (χ4v) is 4.38. The number of nitrogens with zero attached hydrogens (tertiary/aromatic N) is 1. The van der Waals surface area contributed by atoms with Crippen molar-refractivity contribution >= 4 is 43.4 Å². The topological polar surface area (TPSA) is 26.0 Å². The van der Waals surface area contributed by atoms with Crippen LogP contribution in [0.25, 0.3) is 43.3 Å². The van der Waals surface area contributed by atoms with Crippen LogP contribution in [0.3, 0.4) is 0 Å². The summed E-state index contributed by atoms with van der Waals surface area (Å²) >= 11 is 1.83. The maximum atomic E-state index is 6.29. The van der Waals surface area contributed by atoms with Crippen LogP contribution in [-0.4, -0.2) is 4.98 Å². The average molecular weight is 343 g/mol. The van der Waals surface area contributed by atoms with Gasteiger partial charge in [0.25, 0.3) is 0 Å². The van der Waals surface area contributed by atoms with Gasteiger partial charge in [-0.25, -0.2) is 0 Å². The van der Waals surface area contributed by atoms with Gasteiger partial charge in [0.05, 0.1) is 5.69 Å². The highest BCUT2D eigenvalue weighted by Crippen LogP contribution is 2.38. The van der Waals surface area contributed by atoms with Gasteiger partial charge in [-0.1, -0.05) is 12.1 Å². The number of rotatable bonds is 1. The third-order valence-electron chi connectivity index (χ3n) is 4.91. The fraction of sp³-hybridized carbons (Fsp3) is 0.136. The molecule has 0 bridgehead atoms. The lowest BCUT2D eigenvalue weighted by Gasteiger charge is -2.05. The van der Waals surface area contributed by atoms with Crippen molar-refractivity contribution in [1.82, 2.24) is 4.98 Å². The van der Waals surface area contributed by atoms with Crippen molar-refractivity contribution in [1.29, 1.82) is 0 Å². The molecule has 3 aromatic heterocycles. The maximum absolute atomic E-state index is 6.29. The van der Waals surface area contributed by atoms with Gasteiger partial charge < -0.3 is 4.42 Å². The molecule has 2 aromatic carbocycles. The van der Waals surface area contributed by atoms with Crippen LogP contribution in [0.15, 0.2) is 53.1 Å². The van der Waals surface area contributed by atoms with E-state index in [-0.39, 0.29) is 0 Å². The summed E-state index contributed by atoms with van der Waals surface area (Å²) in [5, 5.41) is 3.58. The molecule has 0 radical (unpaired) electrons. The minimum Gasteiger partial charge on any atom is -0.455 e. The quantitative estimate of drug-likeness (QED) is 0.335. The van der Waals surface area contributed by atoms with Crippen LogP contribution in [0.4, 0.5) is 0 Å². The number of fused-ring (bicyclic) bond motifs is 4. The second-order valence-electron chi connectivity index (χ2n) is 6.68. The van der Waals surface area contributed by atoms with Crippen molar-refractivity contribution in [2.75, 3.05) is 0 Å². The van der Waals surface area contributed by atoms with Crippen molar-refractivity contribution in [3.05, 3.63) is 64.7 Å². The molecule has 0 aliphatic rings. The van der Waals surface area contributed by atoms with E-state index in [1.54, 1.807) is 0 Å². The van der Waals surface area contributed by atoms with Gasteiger partial charge in [-0.05, 0) is 67.6 Å². The van der Waals surface area contributed by atoms with Crippen molar-refractivity contribution in [2.24, 2.45) is 0 Å². The standard InChI is InChI=1S/C22H17NOS/c1-12-7-19(23-11-13(12)2)17-6-4-5-16-18-10-21-15(8-14(3)25-21)9-20(18)24-22(16)17/h4-11H,1-3H3. The predicted octanol–water partition coefficient (Wildman–Crippen LogP) is 6.79. The fourth-order valence-electron chi connectivity index (χ4n) is 3.44. The van der Waals surface area contributed by atoms with Crippen molar-refractivity contribution in [3.8, 4) is 11.3 Å². The highest BCUT2D eigenvalue weighted by molar-refractivity contribution is 7.19. The van der Waals surface area contributed by atoms with E-state index in [1.807, 2.05) is 17.5 Å². The minimum atomic E-state index is 0.919. The lowest BCUT2D eigenvalue weighted by Crippen LogP contribution is -1.88. The molecule has 0 atom stereocenters. The van der Waals surface area contributed by atoms with Crippen LogP contribution >= 0.6 is 11.3 Å². The molecule has 0 aliphatic heterocycles. The Morgan fingerprint density at radius 2 is 1.80 bits per heavy atom. The Balaban J connectivity index is 1.84. The van der Waals surface area contributed by atoms with E-state index in [0.29, 0.717) is 0 Å². The van der Waals surface area contributed by atoms with Gasteiger partial charge in [-0.2, -0.15) is 0 Å². The highest BCUT2D eigenvalue weighted by Gasteiger charge is 2.14. The Hall–Kier alpha value is -2.65. The summed E-state index contributed by atoms with van der Waals surface area (Å²) in [5.41, 5.74) is 6.33. The van der Waals surface area contributed by atoms with Gasteiger partial charge in [0.2, 0.25) is 0 Å². The third-order valence-corrected chi connectivity index (χ3v) is 5.92. The Labute approximate surface area is 149 Å². The summed E-state index contributed by atoms with van der Waals surface area (Å²) in [6, 6.07) is 15.1. The molecule has 0 saturated heterocycles.